The minimum absolute atomic E-state index is 0.147. The molecular weight excluding hydrogens is 308 g/mol. The molecule has 3 aromatic carbocycles. The van der Waals surface area contributed by atoms with E-state index in [0.29, 0.717) is 0 Å². The van der Waals surface area contributed by atoms with Crippen molar-refractivity contribution in [3.05, 3.63) is 90.5 Å². The summed E-state index contributed by atoms with van der Waals surface area (Å²) in [6, 6.07) is 27.8. The Balaban J connectivity index is 1.97. The minimum atomic E-state index is 0.147. The van der Waals surface area contributed by atoms with Crippen LogP contribution in [-0.4, -0.2) is 14.9 Å². The fraction of sp³-hybridized carbons (Fsp3) is 0.0455. The highest BCUT2D eigenvalue weighted by atomic mass is 16.3. The lowest BCUT2D eigenvalue weighted by molar-refractivity contribution is 0.435. The van der Waals surface area contributed by atoms with Crippen molar-refractivity contribution >= 4 is 0 Å². The van der Waals surface area contributed by atoms with Gasteiger partial charge in [-0.2, -0.15) is 5.10 Å². The molecule has 1 N–H and O–H groups in total. The summed E-state index contributed by atoms with van der Waals surface area (Å²) in [4.78, 5) is 0. The van der Waals surface area contributed by atoms with Crippen LogP contribution >= 0.6 is 0 Å². The van der Waals surface area contributed by atoms with Crippen LogP contribution in [0.25, 0.3) is 28.1 Å². The number of hydrogen-bond acceptors (Lipinski definition) is 2. The molecule has 4 aromatic rings. The normalized spacial score (nSPS) is 10.8. The average molecular weight is 326 g/mol. The standard InChI is InChI=1S/C22H18N2O/c1-16-12-14-19(15-13-16)24-22(25)20(17-8-4-2-5-9-17)21(23-24)18-10-6-3-7-11-18/h2-15,25H,1H3. The smallest absolute Gasteiger partial charge is 0.222 e. The first-order valence-electron chi connectivity index (χ1n) is 8.24. The van der Waals surface area contributed by atoms with Crippen molar-refractivity contribution in [1.82, 2.24) is 9.78 Å². The van der Waals surface area contributed by atoms with Gasteiger partial charge in [-0.15, -0.1) is 0 Å². The van der Waals surface area contributed by atoms with Crippen LogP contribution in [0, 0.1) is 6.92 Å². The van der Waals surface area contributed by atoms with E-state index in [2.05, 4.69) is 0 Å². The maximum atomic E-state index is 10.9. The number of nitrogens with zero attached hydrogens (tertiary/aromatic N) is 2. The van der Waals surface area contributed by atoms with Gasteiger partial charge in [0.25, 0.3) is 0 Å². The van der Waals surface area contributed by atoms with Gasteiger partial charge in [0.05, 0.1) is 11.3 Å². The lowest BCUT2D eigenvalue weighted by Crippen LogP contribution is -1.95. The number of hydrogen-bond donors (Lipinski definition) is 1. The van der Waals surface area contributed by atoms with Crippen molar-refractivity contribution in [2.45, 2.75) is 6.92 Å². The maximum Gasteiger partial charge on any atom is 0.222 e. The third-order valence-electron chi connectivity index (χ3n) is 4.25. The number of aromatic hydroxyl groups is 1. The predicted molar refractivity (Wildman–Crippen MR) is 101 cm³/mol. The second kappa shape index (κ2) is 6.29. The monoisotopic (exact) mass is 326 g/mol. The molecule has 0 fully saturated rings. The van der Waals surface area contributed by atoms with Crippen molar-refractivity contribution in [1.29, 1.82) is 0 Å². The van der Waals surface area contributed by atoms with Crippen molar-refractivity contribution < 1.29 is 5.11 Å². The third-order valence-corrected chi connectivity index (χ3v) is 4.25. The highest BCUT2D eigenvalue weighted by molar-refractivity contribution is 5.85. The van der Waals surface area contributed by atoms with Gasteiger partial charge in [0.1, 0.15) is 5.69 Å². The summed E-state index contributed by atoms with van der Waals surface area (Å²) >= 11 is 0. The zero-order valence-corrected chi connectivity index (χ0v) is 13.9. The molecule has 0 bridgehead atoms. The van der Waals surface area contributed by atoms with E-state index in [-0.39, 0.29) is 5.88 Å². The molecule has 4 rings (SSSR count). The van der Waals surface area contributed by atoms with E-state index in [0.717, 1.165) is 28.1 Å². The summed E-state index contributed by atoms with van der Waals surface area (Å²) in [6.07, 6.45) is 0. The second-order valence-electron chi connectivity index (χ2n) is 6.03. The van der Waals surface area contributed by atoms with E-state index in [1.807, 2.05) is 91.9 Å². The van der Waals surface area contributed by atoms with E-state index < -0.39 is 0 Å². The van der Waals surface area contributed by atoms with Gasteiger partial charge in [-0.25, -0.2) is 4.68 Å². The third kappa shape index (κ3) is 2.81. The molecule has 0 aliphatic carbocycles. The summed E-state index contributed by atoms with van der Waals surface area (Å²) < 4.78 is 1.60. The second-order valence-corrected chi connectivity index (χ2v) is 6.03. The summed E-state index contributed by atoms with van der Waals surface area (Å²) in [5.41, 5.74) is 5.43. The average Bonchev–Trinajstić information content (AvgIpc) is 3.01. The van der Waals surface area contributed by atoms with Gasteiger partial charge in [-0.05, 0) is 24.6 Å². The molecule has 0 saturated carbocycles. The fourth-order valence-corrected chi connectivity index (χ4v) is 2.94. The number of benzene rings is 3. The summed E-state index contributed by atoms with van der Waals surface area (Å²) in [5.74, 6) is 0.147. The Morgan fingerprint density at radius 1 is 0.720 bits per heavy atom. The molecule has 0 aliphatic heterocycles. The molecule has 25 heavy (non-hydrogen) atoms. The van der Waals surface area contributed by atoms with Gasteiger partial charge in [0.15, 0.2) is 0 Å². The topological polar surface area (TPSA) is 38.0 Å². The molecule has 1 heterocycles. The van der Waals surface area contributed by atoms with Crippen molar-refractivity contribution in [3.8, 4) is 34.0 Å². The molecule has 0 atom stereocenters. The van der Waals surface area contributed by atoms with Crippen LogP contribution in [0.1, 0.15) is 5.56 Å². The first-order valence-corrected chi connectivity index (χ1v) is 8.24. The van der Waals surface area contributed by atoms with E-state index in [4.69, 9.17) is 5.10 Å². The van der Waals surface area contributed by atoms with Crippen LogP contribution in [0.4, 0.5) is 0 Å². The molecule has 0 aliphatic rings. The highest BCUT2D eigenvalue weighted by Crippen LogP contribution is 2.39. The Labute approximate surface area is 146 Å². The van der Waals surface area contributed by atoms with E-state index in [1.54, 1.807) is 4.68 Å². The molecule has 0 spiro atoms. The number of rotatable bonds is 3. The van der Waals surface area contributed by atoms with Gasteiger partial charge in [-0.1, -0.05) is 78.4 Å². The highest BCUT2D eigenvalue weighted by Gasteiger charge is 2.20. The zero-order valence-electron chi connectivity index (χ0n) is 13.9. The summed E-state index contributed by atoms with van der Waals surface area (Å²) in [5, 5.41) is 15.7. The molecular formula is C22H18N2O. The van der Waals surface area contributed by atoms with Crippen molar-refractivity contribution in [3.63, 3.8) is 0 Å². The van der Waals surface area contributed by atoms with Gasteiger partial charge in [0.2, 0.25) is 5.88 Å². The van der Waals surface area contributed by atoms with Crippen LogP contribution in [-0.2, 0) is 0 Å². The molecule has 1 aromatic heterocycles. The van der Waals surface area contributed by atoms with E-state index in [1.165, 1.54) is 5.56 Å². The van der Waals surface area contributed by atoms with Gasteiger partial charge in [0, 0.05) is 5.56 Å². The Morgan fingerprint density at radius 3 is 1.88 bits per heavy atom. The molecule has 0 amide bonds. The van der Waals surface area contributed by atoms with E-state index >= 15 is 0 Å². The summed E-state index contributed by atoms with van der Waals surface area (Å²) in [6.45, 7) is 2.04. The van der Waals surface area contributed by atoms with E-state index in [9.17, 15) is 5.11 Å². The molecule has 3 heteroatoms. The van der Waals surface area contributed by atoms with Crippen molar-refractivity contribution in [2.24, 2.45) is 0 Å². The van der Waals surface area contributed by atoms with Crippen LogP contribution in [0.3, 0.4) is 0 Å². The zero-order chi connectivity index (χ0) is 17.2. The maximum absolute atomic E-state index is 10.9. The Bertz CT molecular complexity index is 988. The lowest BCUT2D eigenvalue weighted by Gasteiger charge is -2.04. The molecule has 3 nitrogen and oxygen atoms in total. The van der Waals surface area contributed by atoms with Crippen molar-refractivity contribution in [2.75, 3.05) is 0 Å². The quantitative estimate of drug-likeness (QED) is 0.560. The number of aryl methyl sites for hydroxylation is 1. The Kier molecular flexibility index (Phi) is 3.82. The number of aromatic nitrogens is 2. The predicted octanol–water partition coefficient (Wildman–Crippen LogP) is 5.22. The summed E-state index contributed by atoms with van der Waals surface area (Å²) in [7, 11) is 0. The minimum Gasteiger partial charge on any atom is -0.493 e. The Hall–Kier alpha value is -3.33. The van der Waals surface area contributed by atoms with Crippen LogP contribution in [0.15, 0.2) is 84.9 Å². The lowest BCUT2D eigenvalue weighted by atomic mass is 10.0. The molecule has 0 unspecified atom stereocenters. The van der Waals surface area contributed by atoms with Gasteiger partial charge >= 0.3 is 0 Å². The van der Waals surface area contributed by atoms with Crippen LogP contribution in [0.5, 0.6) is 5.88 Å². The molecule has 0 radical (unpaired) electrons. The van der Waals surface area contributed by atoms with Crippen LogP contribution < -0.4 is 0 Å². The van der Waals surface area contributed by atoms with Gasteiger partial charge in [-0.3, -0.25) is 0 Å². The largest absolute Gasteiger partial charge is 0.493 e. The molecule has 0 saturated heterocycles. The first-order chi connectivity index (χ1) is 12.2. The van der Waals surface area contributed by atoms with Gasteiger partial charge < -0.3 is 5.11 Å². The Morgan fingerprint density at radius 2 is 1.28 bits per heavy atom. The first kappa shape index (κ1) is 15.2. The SMILES string of the molecule is Cc1ccc(-n2nc(-c3ccccc3)c(-c3ccccc3)c2O)cc1. The molecule has 122 valence electrons. The van der Waals surface area contributed by atoms with Crippen LogP contribution in [0.2, 0.25) is 0 Å². The fourth-order valence-electron chi connectivity index (χ4n) is 2.94.